The quantitative estimate of drug-likeness (QED) is 0.146. The van der Waals surface area contributed by atoms with Crippen LogP contribution in [0, 0.1) is 11.1 Å². The van der Waals surface area contributed by atoms with Gasteiger partial charge in [-0.25, -0.2) is 8.78 Å². The van der Waals surface area contributed by atoms with Crippen molar-refractivity contribution in [1.82, 2.24) is 25.1 Å². The number of carbonyl (C=O) groups is 1. The van der Waals surface area contributed by atoms with E-state index in [0.29, 0.717) is 59.9 Å². The van der Waals surface area contributed by atoms with E-state index in [0.717, 1.165) is 21.4 Å². The van der Waals surface area contributed by atoms with Gasteiger partial charge in [0, 0.05) is 41.7 Å². The van der Waals surface area contributed by atoms with Crippen LogP contribution < -0.4 is 4.73 Å². The molecule has 2 fully saturated rings. The number of benzene rings is 3. The molecule has 2 aliphatic rings. The highest BCUT2D eigenvalue weighted by atomic mass is 35.5. The number of alkyl halides is 2. The van der Waals surface area contributed by atoms with Crippen LogP contribution in [0.2, 0.25) is 5.02 Å². The SMILES string of the molecule is O=C(C1CC1(F)F)N1CCC(c2cccc([C@H](Cc3ccccc3)c3ccc(-c4cc(Cl)ccc4-n4cnnn4)c[n+]3[O-])c2)CC1. The topological polar surface area (TPSA) is 90.9 Å². The largest absolute Gasteiger partial charge is 0.618 e. The first-order chi connectivity index (χ1) is 22.3. The van der Waals surface area contributed by atoms with E-state index in [1.807, 2.05) is 48.5 Å². The van der Waals surface area contributed by atoms with Gasteiger partial charge >= 0.3 is 0 Å². The summed E-state index contributed by atoms with van der Waals surface area (Å²) in [5.74, 6) is -4.48. The maximum Gasteiger partial charge on any atom is 0.260 e. The molecule has 1 aliphatic heterocycles. The van der Waals surface area contributed by atoms with E-state index in [2.05, 4.69) is 39.8 Å². The molecule has 8 nitrogen and oxygen atoms in total. The summed E-state index contributed by atoms with van der Waals surface area (Å²) < 4.78 is 29.5. The van der Waals surface area contributed by atoms with Gasteiger partial charge in [0.25, 0.3) is 5.92 Å². The Labute approximate surface area is 269 Å². The molecule has 5 aromatic rings. The van der Waals surface area contributed by atoms with E-state index in [1.165, 1.54) is 11.0 Å². The summed E-state index contributed by atoms with van der Waals surface area (Å²) in [6.45, 7) is 0.928. The number of halogens is 3. The zero-order chi connectivity index (χ0) is 31.8. The minimum absolute atomic E-state index is 0.190. The van der Waals surface area contributed by atoms with Gasteiger partial charge in [-0.3, -0.25) is 4.79 Å². The molecule has 3 aromatic carbocycles. The number of likely N-dealkylation sites (tertiary alicyclic amines) is 1. The van der Waals surface area contributed by atoms with Crippen molar-refractivity contribution < 1.29 is 18.3 Å². The molecular weight excluding hydrogens is 610 g/mol. The van der Waals surface area contributed by atoms with E-state index in [4.69, 9.17) is 11.6 Å². The summed E-state index contributed by atoms with van der Waals surface area (Å²) in [6.07, 6.45) is 4.74. The lowest BCUT2D eigenvalue weighted by molar-refractivity contribution is -0.614. The highest BCUT2D eigenvalue weighted by molar-refractivity contribution is 6.31. The van der Waals surface area contributed by atoms with Crippen molar-refractivity contribution >= 4 is 17.5 Å². The number of aromatic nitrogens is 5. The van der Waals surface area contributed by atoms with Crippen LogP contribution in [0.15, 0.2) is 97.5 Å². The molecular formula is C35H31ClF2N6O2. The number of hydrogen-bond acceptors (Lipinski definition) is 5. The van der Waals surface area contributed by atoms with Crippen molar-refractivity contribution in [1.29, 1.82) is 0 Å². The van der Waals surface area contributed by atoms with Gasteiger partial charge in [0.15, 0.2) is 6.20 Å². The van der Waals surface area contributed by atoms with Gasteiger partial charge in [-0.1, -0.05) is 66.2 Å². The number of nitrogens with zero attached hydrogens (tertiary/aromatic N) is 6. The number of tetrazole rings is 1. The number of piperidine rings is 1. The maximum absolute atomic E-state index is 13.8. The molecule has 7 rings (SSSR count). The van der Waals surface area contributed by atoms with Crippen LogP contribution in [-0.4, -0.2) is 50.0 Å². The average molecular weight is 641 g/mol. The highest BCUT2D eigenvalue weighted by Crippen LogP contribution is 2.50. The lowest BCUT2D eigenvalue weighted by Crippen LogP contribution is -2.39. The van der Waals surface area contributed by atoms with Crippen molar-refractivity contribution in [3.8, 4) is 16.8 Å². The molecule has 3 heterocycles. The fourth-order valence-electron chi connectivity index (χ4n) is 6.54. The van der Waals surface area contributed by atoms with Crippen molar-refractivity contribution in [3.63, 3.8) is 0 Å². The smallest absolute Gasteiger partial charge is 0.260 e. The van der Waals surface area contributed by atoms with Crippen LogP contribution in [0.1, 0.15) is 53.5 Å². The first-order valence-electron chi connectivity index (χ1n) is 15.3. The Morgan fingerprint density at radius 3 is 2.50 bits per heavy atom. The molecule has 234 valence electrons. The summed E-state index contributed by atoms with van der Waals surface area (Å²) in [6, 6.07) is 27.5. The summed E-state index contributed by atoms with van der Waals surface area (Å²) in [7, 11) is 0. The third kappa shape index (κ3) is 6.09. The van der Waals surface area contributed by atoms with Crippen LogP contribution in [-0.2, 0) is 11.2 Å². The van der Waals surface area contributed by atoms with Gasteiger partial charge < -0.3 is 10.1 Å². The zero-order valence-corrected chi connectivity index (χ0v) is 25.6. The van der Waals surface area contributed by atoms with E-state index >= 15 is 0 Å². The Hall–Kier alpha value is -4.70. The molecule has 11 heteroatoms. The van der Waals surface area contributed by atoms with Gasteiger partial charge in [-0.15, -0.1) is 5.10 Å². The molecule has 1 unspecified atom stereocenters. The lowest BCUT2D eigenvalue weighted by Gasteiger charge is -2.32. The first-order valence-corrected chi connectivity index (χ1v) is 15.7. The molecule has 2 atom stereocenters. The Balaban J connectivity index is 1.18. The van der Waals surface area contributed by atoms with Crippen LogP contribution in [0.5, 0.6) is 0 Å². The van der Waals surface area contributed by atoms with Gasteiger partial charge in [0.1, 0.15) is 12.2 Å². The second-order valence-corrected chi connectivity index (χ2v) is 12.6. The van der Waals surface area contributed by atoms with Crippen molar-refractivity contribution in [2.75, 3.05) is 13.1 Å². The van der Waals surface area contributed by atoms with Crippen LogP contribution in [0.3, 0.4) is 0 Å². The third-order valence-corrected chi connectivity index (χ3v) is 9.40. The van der Waals surface area contributed by atoms with Crippen LogP contribution >= 0.6 is 11.6 Å². The van der Waals surface area contributed by atoms with E-state index < -0.39 is 17.7 Å². The minimum Gasteiger partial charge on any atom is -0.618 e. The molecule has 1 aliphatic carbocycles. The summed E-state index contributed by atoms with van der Waals surface area (Å²) >= 11 is 6.35. The molecule has 1 amide bonds. The van der Waals surface area contributed by atoms with Crippen molar-refractivity contribution in [2.45, 2.75) is 43.4 Å². The summed E-state index contributed by atoms with van der Waals surface area (Å²) in [4.78, 5) is 14.1. The van der Waals surface area contributed by atoms with Crippen molar-refractivity contribution in [3.05, 3.63) is 130 Å². The van der Waals surface area contributed by atoms with E-state index in [1.54, 1.807) is 23.2 Å². The predicted octanol–water partition coefficient (Wildman–Crippen LogP) is 6.35. The Bertz CT molecular complexity index is 1860. The second kappa shape index (κ2) is 12.2. The van der Waals surface area contributed by atoms with E-state index in [-0.39, 0.29) is 18.3 Å². The Morgan fingerprint density at radius 2 is 1.80 bits per heavy atom. The van der Waals surface area contributed by atoms with Gasteiger partial charge in [0.05, 0.1) is 11.6 Å². The van der Waals surface area contributed by atoms with Crippen LogP contribution in [0.25, 0.3) is 16.8 Å². The number of pyridine rings is 1. The number of amides is 1. The lowest BCUT2D eigenvalue weighted by atomic mass is 9.84. The van der Waals surface area contributed by atoms with Gasteiger partial charge in [-0.05, 0) is 76.6 Å². The van der Waals surface area contributed by atoms with E-state index in [9.17, 15) is 18.8 Å². The normalized spacial score (nSPS) is 18.3. The third-order valence-electron chi connectivity index (χ3n) is 9.16. The molecule has 2 aromatic heterocycles. The molecule has 0 radical (unpaired) electrons. The fourth-order valence-corrected chi connectivity index (χ4v) is 6.71. The standard InChI is InChI=1S/C35H31ClF2N6O2/c36-28-10-12-32(43-22-39-40-41-43)30(19-28)27-9-11-33(44(46)21-27)29(17-23-5-2-1-3-6-23)26-8-4-7-25(18-26)24-13-15-42(16-14-24)34(45)31-20-35(31,37)38/h1-12,18-19,21-22,24,29,31H,13-17,20H2/t29-,31?/m0/s1. The molecule has 46 heavy (non-hydrogen) atoms. The molecule has 1 saturated carbocycles. The number of hydrogen-bond donors (Lipinski definition) is 0. The highest BCUT2D eigenvalue weighted by Gasteiger charge is 2.62. The monoisotopic (exact) mass is 640 g/mol. The summed E-state index contributed by atoms with van der Waals surface area (Å²) in [5, 5.41) is 25.8. The Morgan fingerprint density at radius 1 is 1.02 bits per heavy atom. The van der Waals surface area contributed by atoms with Crippen LogP contribution in [0.4, 0.5) is 8.78 Å². The first kappa shape index (κ1) is 30.0. The number of rotatable bonds is 8. The predicted molar refractivity (Wildman–Crippen MR) is 169 cm³/mol. The summed E-state index contributed by atoms with van der Waals surface area (Å²) in [5.41, 5.74) is 5.90. The minimum atomic E-state index is -2.85. The zero-order valence-electron chi connectivity index (χ0n) is 24.8. The average Bonchev–Trinajstić information content (AvgIpc) is 3.42. The molecule has 1 saturated heterocycles. The molecule has 0 N–H and O–H groups in total. The Kier molecular flexibility index (Phi) is 7.98. The van der Waals surface area contributed by atoms with Gasteiger partial charge in [-0.2, -0.15) is 9.41 Å². The van der Waals surface area contributed by atoms with Gasteiger partial charge in [0.2, 0.25) is 11.6 Å². The second-order valence-electron chi connectivity index (χ2n) is 12.1. The molecule has 0 bridgehead atoms. The van der Waals surface area contributed by atoms with Crippen molar-refractivity contribution in [2.24, 2.45) is 5.92 Å². The number of carbonyl (C=O) groups excluding carboxylic acids is 1. The maximum atomic E-state index is 13.8. The molecule has 0 spiro atoms. The fraction of sp³-hybridized carbons (Fsp3) is 0.286.